The molecule has 1 aliphatic rings. The SMILES string of the molecule is CC1COCCN1CCC(C)(O)CN. The molecular formula is C10H22N2O2. The molecule has 4 nitrogen and oxygen atoms in total. The number of hydrogen-bond donors (Lipinski definition) is 2. The van der Waals surface area contributed by atoms with Crippen molar-refractivity contribution in [1.82, 2.24) is 4.90 Å². The summed E-state index contributed by atoms with van der Waals surface area (Å²) in [5.41, 5.74) is 4.74. The summed E-state index contributed by atoms with van der Waals surface area (Å²) in [6, 6.07) is 0.456. The Balaban J connectivity index is 2.29. The predicted octanol–water partition coefficient (Wildman–Crippen LogP) is -0.193. The first-order valence-corrected chi connectivity index (χ1v) is 5.29. The van der Waals surface area contributed by atoms with Gasteiger partial charge in [-0.2, -0.15) is 0 Å². The lowest BCUT2D eigenvalue weighted by Gasteiger charge is -2.35. The molecule has 0 amide bonds. The Hall–Kier alpha value is -0.160. The number of nitrogens with two attached hydrogens (primary N) is 1. The van der Waals surface area contributed by atoms with Crippen LogP contribution in [0.5, 0.6) is 0 Å². The zero-order chi connectivity index (χ0) is 10.6. The van der Waals surface area contributed by atoms with Crippen molar-refractivity contribution in [3.63, 3.8) is 0 Å². The first-order valence-electron chi connectivity index (χ1n) is 5.29. The monoisotopic (exact) mass is 202 g/mol. The molecule has 2 atom stereocenters. The van der Waals surface area contributed by atoms with Gasteiger partial charge in [0.25, 0.3) is 0 Å². The number of rotatable bonds is 4. The van der Waals surface area contributed by atoms with Gasteiger partial charge in [-0.25, -0.2) is 0 Å². The Bertz CT molecular complexity index is 174. The second-order valence-electron chi connectivity index (χ2n) is 4.41. The van der Waals surface area contributed by atoms with Crippen molar-refractivity contribution in [2.75, 3.05) is 32.8 Å². The predicted molar refractivity (Wildman–Crippen MR) is 56.1 cm³/mol. The Kier molecular flexibility index (Phi) is 4.31. The Morgan fingerprint density at radius 3 is 2.93 bits per heavy atom. The van der Waals surface area contributed by atoms with E-state index in [0.717, 1.165) is 32.7 Å². The summed E-state index contributed by atoms with van der Waals surface area (Å²) in [5.74, 6) is 0. The largest absolute Gasteiger partial charge is 0.389 e. The van der Waals surface area contributed by atoms with Gasteiger partial charge < -0.3 is 15.6 Å². The molecule has 0 aromatic heterocycles. The fourth-order valence-corrected chi connectivity index (χ4v) is 1.58. The Morgan fingerprint density at radius 2 is 2.36 bits per heavy atom. The van der Waals surface area contributed by atoms with Gasteiger partial charge in [0.15, 0.2) is 0 Å². The minimum atomic E-state index is -0.724. The number of hydrogen-bond acceptors (Lipinski definition) is 4. The fraction of sp³-hybridized carbons (Fsp3) is 1.00. The lowest BCUT2D eigenvalue weighted by Crippen LogP contribution is -2.46. The molecule has 1 aliphatic heterocycles. The first-order chi connectivity index (χ1) is 6.55. The minimum absolute atomic E-state index is 0.325. The van der Waals surface area contributed by atoms with E-state index >= 15 is 0 Å². The van der Waals surface area contributed by atoms with Gasteiger partial charge in [-0.1, -0.05) is 0 Å². The molecule has 0 saturated carbocycles. The van der Waals surface area contributed by atoms with Crippen molar-refractivity contribution in [1.29, 1.82) is 0 Å². The van der Waals surface area contributed by atoms with Gasteiger partial charge in [0.2, 0.25) is 0 Å². The topological polar surface area (TPSA) is 58.7 Å². The smallest absolute Gasteiger partial charge is 0.0753 e. The van der Waals surface area contributed by atoms with E-state index in [4.69, 9.17) is 10.5 Å². The van der Waals surface area contributed by atoms with E-state index < -0.39 is 5.60 Å². The van der Waals surface area contributed by atoms with Crippen LogP contribution in [0.25, 0.3) is 0 Å². The number of morpholine rings is 1. The number of ether oxygens (including phenoxy) is 1. The average Bonchev–Trinajstić information content (AvgIpc) is 2.17. The van der Waals surface area contributed by atoms with E-state index in [1.165, 1.54) is 0 Å². The molecule has 4 heteroatoms. The van der Waals surface area contributed by atoms with Gasteiger partial charge >= 0.3 is 0 Å². The molecule has 14 heavy (non-hydrogen) atoms. The van der Waals surface area contributed by atoms with Crippen molar-refractivity contribution in [2.45, 2.75) is 31.9 Å². The molecule has 0 aromatic rings. The van der Waals surface area contributed by atoms with Crippen LogP contribution in [-0.2, 0) is 4.74 Å². The molecule has 84 valence electrons. The molecule has 2 unspecified atom stereocenters. The third kappa shape index (κ3) is 3.53. The van der Waals surface area contributed by atoms with Crippen LogP contribution in [0.3, 0.4) is 0 Å². The van der Waals surface area contributed by atoms with Crippen molar-refractivity contribution < 1.29 is 9.84 Å². The zero-order valence-corrected chi connectivity index (χ0v) is 9.20. The highest BCUT2D eigenvalue weighted by Crippen LogP contribution is 2.12. The van der Waals surface area contributed by atoms with Crippen LogP contribution in [0.4, 0.5) is 0 Å². The third-order valence-electron chi connectivity index (χ3n) is 2.88. The normalized spacial score (nSPS) is 28.7. The van der Waals surface area contributed by atoms with Gasteiger partial charge in [0.05, 0.1) is 18.8 Å². The number of nitrogens with zero attached hydrogens (tertiary/aromatic N) is 1. The highest BCUT2D eigenvalue weighted by Gasteiger charge is 2.23. The standard InChI is InChI=1S/C10H22N2O2/c1-9-7-14-6-5-12(9)4-3-10(2,13)8-11/h9,13H,3-8,11H2,1-2H3. The quantitative estimate of drug-likeness (QED) is 0.663. The van der Waals surface area contributed by atoms with E-state index in [0.29, 0.717) is 12.6 Å². The second-order valence-corrected chi connectivity index (χ2v) is 4.41. The number of aliphatic hydroxyl groups is 1. The molecule has 0 spiro atoms. The van der Waals surface area contributed by atoms with Crippen LogP contribution in [0.15, 0.2) is 0 Å². The van der Waals surface area contributed by atoms with E-state index in [1.807, 2.05) is 0 Å². The highest BCUT2D eigenvalue weighted by atomic mass is 16.5. The third-order valence-corrected chi connectivity index (χ3v) is 2.88. The summed E-state index contributed by atoms with van der Waals surface area (Å²) in [4.78, 5) is 2.34. The lowest BCUT2D eigenvalue weighted by atomic mass is 10.0. The van der Waals surface area contributed by atoms with Gasteiger partial charge in [-0.05, 0) is 20.3 Å². The summed E-state index contributed by atoms with van der Waals surface area (Å²) in [6.45, 7) is 7.72. The summed E-state index contributed by atoms with van der Waals surface area (Å²) in [5, 5.41) is 9.76. The molecular weight excluding hydrogens is 180 g/mol. The zero-order valence-electron chi connectivity index (χ0n) is 9.20. The summed E-state index contributed by atoms with van der Waals surface area (Å²) >= 11 is 0. The molecule has 1 rings (SSSR count). The van der Waals surface area contributed by atoms with E-state index in [2.05, 4.69) is 11.8 Å². The fourth-order valence-electron chi connectivity index (χ4n) is 1.58. The van der Waals surface area contributed by atoms with E-state index in [-0.39, 0.29) is 0 Å². The average molecular weight is 202 g/mol. The minimum Gasteiger partial charge on any atom is -0.389 e. The van der Waals surface area contributed by atoms with Crippen LogP contribution in [0.2, 0.25) is 0 Å². The maximum absolute atomic E-state index is 9.76. The van der Waals surface area contributed by atoms with Crippen molar-refractivity contribution in [3.8, 4) is 0 Å². The van der Waals surface area contributed by atoms with Crippen molar-refractivity contribution >= 4 is 0 Å². The molecule has 1 heterocycles. The molecule has 1 fully saturated rings. The van der Waals surface area contributed by atoms with E-state index in [1.54, 1.807) is 6.92 Å². The first kappa shape index (κ1) is 11.9. The van der Waals surface area contributed by atoms with Crippen LogP contribution in [0.1, 0.15) is 20.3 Å². The molecule has 3 N–H and O–H groups in total. The molecule has 0 radical (unpaired) electrons. The molecule has 0 aliphatic carbocycles. The molecule has 0 aromatic carbocycles. The summed E-state index contributed by atoms with van der Waals surface area (Å²) in [7, 11) is 0. The van der Waals surface area contributed by atoms with Crippen LogP contribution in [-0.4, -0.2) is 54.5 Å². The maximum Gasteiger partial charge on any atom is 0.0753 e. The van der Waals surface area contributed by atoms with Gasteiger partial charge in [-0.3, -0.25) is 4.90 Å². The van der Waals surface area contributed by atoms with Crippen LogP contribution < -0.4 is 5.73 Å². The Labute approximate surface area is 86.0 Å². The van der Waals surface area contributed by atoms with Crippen LogP contribution in [0, 0.1) is 0 Å². The van der Waals surface area contributed by atoms with Crippen molar-refractivity contribution in [2.24, 2.45) is 5.73 Å². The molecule has 1 saturated heterocycles. The van der Waals surface area contributed by atoms with Crippen LogP contribution >= 0.6 is 0 Å². The van der Waals surface area contributed by atoms with Gasteiger partial charge in [0, 0.05) is 25.7 Å². The highest BCUT2D eigenvalue weighted by molar-refractivity contribution is 4.78. The maximum atomic E-state index is 9.76. The summed E-state index contributed by atoms with van der Waals surface area (Å²) in [6.07, 6.45) is 0.730. The summed E-state index contributed by atoms with van der Waals surface area (Å²) < 4.78 is 5.34. The van der Waals surface area contributed by atoms with Crippen molar-refractivity contribution in [3.05, 3.63) is 0 Å². The molecule has 0 bridgehead atoms. The lowest BCUT2D eigenvalue weighted by molar-refractivity contribution is -0.0173. The second kappa shape index (κ2) is 5.07. The Morgan fingerprint density at radius 1 is 1.64 bits per heavy atom. The van der Waals surface area contributed by atoms with Gasteiger partial charge in [-0.15, -0.1) is 0 Å². The van der Waals surface area contributed by atoms with Gasteiger partial charge in [0.1, 0.15) is 0 Å². The van der Waals surface area contributed by atoms with E-state index in [9.17, 15) is 5.11 Å².